The molecule has 138 valence electrons. The number of rotatable bonds is 5. The molecule has 2 aromatic rings. The van der Waals surface area contributed by atoms with E-state index in [9.17, 15) is 18.0 Å². The molecule has 1 aliphatic rings. The van der Waals surface area contributed by atoms with Crippen LogP contribution in [0.15, 0.2) is 18.2 Å². The first-order valence-electron chi connectivity index (χ1n) is 8.10. The Kier molecular flexibility index (Phi) is 5.36. The number of benzene rings is 1. The summed E-state index contributed by atoms with van der Waals surface area (Å²) in [4.78, 5) is 20.3. The molecule has 0 radical (unpaired) electrons. The Balaban J connectivity index is 1.75. The van der Waals surface area contributed by atoms with Gasteiger partial charge in [0.1, 0.15) is 17.3 Å². The molecule has 26 heavy (non-hydrogen) atoms. The minimum Gasteiger partial charge on any atom is -0.376 e. The van der Waals surface area contributed by atoms with Gasteiger partial charge in [0.15, 0.2) is 17.5 Å². The van der Waals surface area contributed by atoms with E-state index in [-0.39, 0.29) is 29.1 Å². The predicted molar refractivity (Wildman–Crippen MR) is 87.7 cm³/mol. The Hall–Kier alpha value is -2.68. The van der Waals surface area contributed by atoms with E-state index in [0.29, 0.717) is 13.2 Å². The molecular formula is C17H17F3N4O2. The first kappa shape index (κ1) is 18.1. The van der Waals surface area contributed by atoms with E-state index >= 15 is 0 Å². The second-order valence-corrected chi connectivity index (χ2v) is 5.88. The summed E-state index contributed by atoms with van der Waals surface area (Å²) in [6, 6.07) is 3.14. The first-order chi connectivity index (χ1) is 12.4. The molecule has 1 amide bonds. The lowest BCUT2D eigenvalue weighted by atomic mass is 10.2. The highest BCUT2D eigenvalue weighted by Crippen LogP contribution is 2.23. The standard InChI is InChI=1S/C17H17F3N4O2/c1-9-22-13(17(25)21-8-10-3-2-6-26-10)7-14(23-9)24-12-5-4-11(18)15(19)16(12)20/h4-5,7,10H,2-3,6,8H2,1H3,(H,21,25)(H,22,23,24). The fourth-order valence-electron chi connectivity index (χ4n) is 2.61. The van der Waals surface area contributed by atoms with Gasteiger partial charge in [0.05, 0.1) is 11.8 Å². The van der Waals surface area contributed by atoms with Crippen LogP contribution >= 0.6 is 0 Å². The number of carbonyl (C=O) groups excluding carboxylic acids is 1. The van der Waals surface area contributed by atoms with Crippen LogP contribution in [0.2, 0.25) is 0 Å². The number of aryl methyl sites for hydroxylation is 1. The number of nitrogens with one attached hydrogen (secondary N) is 2. The van der Waals surface area contributed by atoms with Gasteiger partial charge in [-0.3, -0.25) is 4.79 Å². The average Bonchev–Trinajstić information content (AvgIpc) is 3.13. The summed E-state index contributed by atoms with van der Waals surface area (Å²) in [6.07, 6.45) is 1.82. The Morgan fingerprint density at radius 3 is 2.81 bits per heavy atom. The molecule has 0 aliphatic carbocycles. The molecule has 1 atom stereocenters. The Labute approximate surface area is 147 Å². The van der Waals surface area contributed by atoms with E-state index in [4.69, 9.17) is 4.74 Å². The van der Waals surface area contributed by atoms with E-state index in [1.807, 2.05) is 0 Å². The predicted octanol–water partition coefficient (Wildman–Crippen LogP) is 2.85. The Morgan fingerprint density at radius 1 is 1.27 bits per heavy atom. The SMILES string of the molecule is Cc1nc(Nc2ccc(F)c(F)c2F)cc(C(=O)NCC2CCCO2)n1. The summed E-state index contributed by atoms with van der Waals surface area (Å²) in [7, 11) is 0. The zero-order valence-corrected chi connectivity index (χ0v) is 14.0. The van der Waals surface area contributed by atoms with Crippen molar-refractivity contribution in [3.8, 4) is 0 Å². The van der Waals surface area contributed by atoms with Crippen molar-refractivity contribution in [2.24, 2.45) is 0 Å². The van der Waals surface area contributed by atoms with Crippen molar-refractivity contribution in [3.63, 3.8) is 0 Å². The summed E-state index contributed by atoms with van der Waals surface area (Å²) < 4.78 is 45.6. The highest BCUT2D eigenvalue weighted by atomic mass is 19.2. The van der Waals surface area contributed by atoms with Crippen molar-refractivity contribution >= 4 is 17.4 Å². The van der Waals surface area contributed by atoms with Crippen LogP contribution in [-0.4, -0.2) is 35.1 Å². The second kappa shape index (κ2) is 7.69. The number of anilines is 2. The van der Waals surface area contributed by atoms with Crippen molar-refractivity contribution in [3.05, 3.63) is 47.2 Å². The van der Waals surface area contributed by atoms with Gasteiger partial charge in [-0.05, 0) is 31.9 Å². The van der Waals surface area contributed by atoms with Gasteiger partial charge >= 0.3 is 0 Å². The van der Waals surface area contributed by atoms with E-state index in [1.165, 1.54) is 6.07 Å². The number of hydrogen-bond donors (Lipinski definition) is 2. The van der Waals surface area contributed by atoms with Crippen LogP contribution in [0.1, 0.15) is 29.2 Å². The van der Waals surface area contributed by atoms with Gasteiger partial charge in [-0.25, -0.2) is 23.1 Å². The molecule has 0 bridgehead atoms. The van der Waals surface area contributed by atoms with Crippen LogP contribution in [0.3, 0.4) is 0 Å². The molecule has 6 nitrogen and oxygen atoms in total. The van der Waals surface area contributed by atoms with Gasteiger partial charge in [-0.2, -0.15) is 0 Å². The van der Waals surface area contributed by atoms with Crippen LogP contribution in [0.5, 0.6) is 0 Å². The van der Waals surface area contributed by atoms with E-state index < -0.39 is 23.4 Å². The van der Waals surface area contributed by atoms with Crippen LogP contribution in [-0.2, 0) is 4.74 Å². The van der Waals surface area contributed by atoms with Crippen LogP contribution in [0, 0.1) is 24.4 Å². The van der Waals surface area contributed by atoms with Gasteiger partial charge in [0.25, 0.3) is 5.91 Å². The third-order valence-electron chi connectivity index (χ3n) is 3.88. The maximum atomic E-state index is 13.8. The van der Waals surface area contributed by atoms with Crippen LogP contribution in [0.4, 0.5) is 24.7 Å². The Morgan fingerprint density at radius 2 is 2.08 bits per heavy atom. The number of hydrogen-bond acceptors (Lipinski definition) is 5. The van der Waals surface area contributed by atoms with Crippen molar-refractivity contribution < 1.29 is 22.7 Å². The largest absolute Gasteiger partial charge is 0.376 e. The smallest absolute Gasteiger partial charge is 0.270 e. The summed E-state index contributed by atoms with van der Waals surface area (Å²) in [5, 5.41) is 5.26. The van der Waals surface area contributed by atoms with Crippen LogP contribution in [0.25, 0.3) is 0 Å². The van der Waals surface area contributed by atoms with Crippen LogP contribution < -0.4 is 10.6 Å². The fourth-order valence-corrected chi connectivity index (χ4v) is 2.61. The topological polar surface area (TPSA) is 76.1 Å². The molecule has 2 heterocycles. The molecule has 0 saturated carbocycles. The van der Waals surface area contributed by atoms with Crippen molar-refractivity contribution in [1.29, 1.82) is 0 Å². The van der Waals surface area contributed by atoms with Gasteiger partial charge < -0.3 is 15.4 Å². The minimum atomic E-state index is -1.59. The molecule has 1 fully saturated rings. The average molecular weight is 366 g/mol. The second-order valence-electron chi connectivity index (χ2n) is 5.88. The van der Waals surface area contributed by atoms with Crippen molar-refractivity contribution in [1.82, 2.24) is 15.3 Å². The normalized spacial score (nSPS) is 16.5. The minimum absolute atomic E-state index is 0.0178. The molecule has 1 saturated heterocycles. The monoisotopic (exact) mass is 366 g/mol. The quantitative estimate of drug-likeness (QED) is 0.796. The zero-order valence-electron chi connectivity index (χ0n) is 14.0. The molecule has 1 unspecified atom stereocenters. The number of amides is 1. The van der Waals surface area contributed by atoms with Gasteiger partial charge in [0, 0.05) is 19.2 Å². The fraction of sp³-hybridized carbons (Fsp3) is 0.353. The molecule has 0 spiro atoms. The maximum Gasteiger partial charge on any atom is 0.270 e. The van der Waals surface area contributed by atoms with Crippen molar-refractivity contribution in [2.45, 2.75) is 25.9 Å². The molecule has 3 rings (SSSR count). The summed E-state index contributed by atoms with van der Waals surface area (Å²) >= 11 is 0. The molecule has 1 aromatic heterocycles. The van der Waals surface area contributed by atoms with Gasteiger partial charge in [0.2, 0.25) is 0 Å². The number of ether oxygens (including phenoxy) is 1. The lowest BCUT2D eigenvalue weighted by Gasteiger charge is -2.12. The maximum absolute atomic E-state index is 13.8. The van der Waals surface area contributed by atoms with Gasteiger partial charge in [-0.15, -0.1) is 0 Å². The number of carbonyl (C=O) groups is 1. The molecule has 9 heteroatoms. The molecular weight excluding hydrogens is 349 g/mol. The highest BCUT2D eigenvalue weighted by molar-refractivity contribution is 5.93. The molecule has 2 N–H and O–H groups in total. The first-order valence-corrected chi connectivity index (χ1v) is 8.10. The summed E-state index contributed by atoms with van der Waals surface area (Å²) in [5.74, 6) is -4.33. The van der Waals surface area contributed by atoms with Crippen molar-refractivity contribution in [2.75, 3.05) is 18.5 Å². The lowest BCUT2D eigenvalue weighted by Crippen LogP contribution is -2.32. The number of halogens is 3. The number of aromatic nitrogens is 2. The van der Waals surface area contributed by atoms with E-state index in [2.05, 4.69) is 20.6 Å². The number of nitrogens with zero attached hydrogens (tertiary/aromatic N) is 2. The molecule has 1 aromatic carbocycles. The summed E-state index contributed by atoms with van der Waals surface area (Å²) in [6.45, 7) is 2.60. The van der Waals surface area contributed by atoms with Gasteiger partial charge in [-0.1, -0.05) is 0 Å². The Bertz CT molecular complexity index is 826. The van der Waals surface area contributed by atoms with E-state index in [1.54, 1.807) is 6.92 Å². The third-order valence-corrected chi connectivity index (χ3v) is 3.88. The molecule has 1 aliphatic heterocycles. The van der Waals surface area contributed by atoms with E-state index in [0.717, 1.165) is 25.0 Å². The third kappa shape index (κ3) is 4.10. The highest BCUT2D eigenvalue weighted by Gasteiger charge is 2.18. The zero-order chi connectivity index (χ0) is 18.7. The lowest BCUT2D eigenvalue weighted by molar-refractivity contribution is 0.0853. The summed E-state index contributed by atoms with van der Waals surface area (Å²) in [5.41, 5.74) is -0.228.